The molecule has 0 aromatic carbocycles. The highest BCUT2D eigenvalue weighted by molar-refractivity contribution is 6.58. The van der Waals surface area contributed by atoms with Crippen LogP contribution in [-0.4, -0.2) is 97.7 Å². The normalized spacial score (nSPS) is 24.8. The minimum atomic E-state index is -1.53. The molecule has 0 spiro atoms. The largest absolute Gasteiger partial charge is 0.479 e. The third-order valence-corrected chi connectivity index (χ3v) is 3.34. The number of rotatable bonds is 11. The summed E-state index contributed by atoms with van der Waals surface area (Å²) in [7, 11) is 4.83. The first kappa shape index (κ1) is 23.0. The zero-order valence-electron chi connectivity index (χ0n) is 14.3. The summed E-state index contributed by atoms with van der Waals surface area (Å²) >= 11 is 0. The Morgan fingerprint density at radius 1 is 1.11 bits per heavy atom. The van der Waals surface area contributed by atoms with Crippen molar-refractivity contribution in [1.29, 1.82) is 0 Å². The summed E-state index contributed by atoms with van der Waals surface area (Å²) in [5.74, 6) is -2.49. The molecule has 12 nitrogen and oxygen atoms in total. The molecule has 1 aliphatic heterocycles. The molecular formula is C14H21BN2O10. The van der Waals surface area contributed by atoms with E-state index < -0.39 is 48.1 Å². The number of carboxylic acids is 1. The highest BCUT2D eigenvalue weighted by Crippen LogP contribution is 2.21. The van der Waals surface area contributed by atoms with Gasteiger partial charge in [-0.1, -0.05) is 0 Å². The Morgan fingerprint density at radius 3 is 2.44 bits per heavy atom. The van der Waals surface area contributed by atoms with E-state index in [0.717, 1.165) is 0 Å². The maximum atomic E-state index is 11.6. The Bertz CT molecular complexity index is 546. The van der Waals surface area contributed by atoms with Crippen LogP contribution in [0.3, 0.4) is 0 Å². The van der Waals surface area contributed by atoms with Gasteiger partial charge in [-0.3, -0.25) is 9.59 Å². The van der Waals surface area contributed by atoms with E-state index in [-0.39, 0.29) is 39.3 Å². The second-order valence-corrected chi connectivity index (χ2v) is 5.59. The van der Waals surface area contributed by atoms with Gasteiger partial charge in [0.05, 0.1) is 32.3 Å². The second-order valence-electron chi connectivity index (χ2n) is 5.59. The van der Waals surface area contributed by atoms with Gasteiger partial charge in [-0.15, -0.1) is 0 Å². The average Bonchev–Trinajstić information content (AvgIpc) is 2.58. The number of aliphatic carboxylic acids is 1. The molecule has 2 radical (unpaired) electrons. The van der Waals surface area contributed by atoms with E-state index in [2.05, 4.69) is 10.6 Å². The molecule has 1 aliphatic rings. The van der Waals surface area contributed by atoms with Crippen LogP contribution in [0.15, 0.2) is 0 Å². The van der Waals surface area contributed by atoms with Crippen LogP contribution in [0.5, 0.6) is 0 Å². The number of hydrogen-bond acceptors (Lipinski definition) is 9. The first-order valence-electron chi connectivity index (χ1n) is 7.96. The summed E-state index contributed by atoms with van der Waals surface area (Å²) in [5.41, 5.74) is -0.686. The number of aliphatic hydroxyl groups excluding tert-OH is 2. The van der Waals surface area contributed by atoms with E-state index in [1.165, 1.54) is 0 Å². The molecule has 27 heavy (non-hydrogen) atoms. The van der Waals surface area contributed by atoms with Crippen LogP contribution >= 0.6 is 0 Å². The van der Waals surface area contributed by atoms with Crippen molar-refractivity contribution in [2.45, 2.75) is 37.4 Å². The average molecular weight is 388 g/mol. The SMILES string of the molecule is [B]C(=O)COCNC(=O)CNC(=O)CCOC1O[C@H](C(=O)O)C(O)CC1O. The topological polar surface area (TPSA) is 181 Å². The summed E-state index contributed by atoms with van der Waals surface area (Å²) in [6, 6.07) is 0. The predicted octanol–water partition coefficient (Wildman–Crippen LogP) is -3.78. The second kappa shape index (κ2) is 11.6. The minimum Gasteiger partial charge on any atom is -0.479 e. The molecule has 0 bridgehead atoms. The third kappa shape index (κ3) is 8.92. The van der Waals surface area contributed by atoms with Gasteiger partial charge in [0.15, 0.2) is 20.2 Å². The third-order valence-electron chi connectivity index (χ3n) is 3.34. The summed E-state index contributed by atoms with van der Waals surface area (Å²) in [4.78, 5) is 44.3. The van der Waals surface area contributed by atoms with Crippen LogP contribution in [0.25, 0.3) is 0 Å². The summed E-state index contributed by atoms with van der Waals surface area (Å²) in [5, 5.41) is 32.7. The molecule has 0 aromatic rings. The molecule has 1 fully saturated rings. The van der Waals surface area contributed by atoms with Crippen molar-refractivity contribution in [3.05, 3.63) is 0 Å². The highest BCUT2D eigenvalue weighted by atomic mass is 16.7. The van der Waals surface area contributed by atoms with Crippen LogP contribution in [0.2, 0.25) is 0 Å². The van der Waals surface area contributed by atoms with Gasteiger partial charge in [0.25, 0.3) is 0 Å². The van der Waals surface area contributed by atoms with Crippen molar-refractivity contribution in [2.24, 2.45) is 0 Å². The Kier molecular flexibility index (Phi) is 9.89. The monoisotopic (exact) mass is 388 g/mol. The number of carbonyl (C=O) groups is 4. The molecule has 13 heteroatoms. The molecule has 4 atom stereocenters. The van der Waals surface area contributed by atoms with Gasteiger partial charge in [0, 0.05) is 6.42 Å². The van der Waals surface area contributed by atoms with Crippen LogP contribution in [-0.2, 0) is 33.4 Å². The van der Waals surface area contributed by atoms with E-state index in [0.29, 0.717) is 0 Å². The fourth-order valence-corrected chi connectivity index (χ4v) is 2.06. The lowest BCUT2D eigenvalue weighted by Gasteiger charge is -2.34. The minimum absolute atomic E-state index is 0.182. The van der Waals surface area contributed by atoms with Gasteiger partial charge in [0.2, 0.25) is 11.8 Å². The summed E-state index contributed by atoms with van der Waals surface area (Å²) in [6.45, 7) is -1.14. The highest BCUT2D eigenvalue weighted by Gasteiger charge is 2.40. The summed E-state index contributed by atoms with van der Waals surface area (Å²) in [6.07, 6.45) is -5.87. The van der Waals surface area contributed by atoms with E-state index in [1.807, 2.05) is 0 Å². The molecule has 0 aromatic heterocycles. The Labute approximate surface area is 155 Å². The van der Waals surface area contributed by atoms with Gasteiger partial charge in [-0.25, -0.2) is 4.79 Å². The summed E-state index contributed by atoms with van der Waals surface area (Å²) < 4.78 is 14.8. The molecule has 1 saturated heterocycles. The van der Waals surface area contributed by atoms with Gasteiger partial charge >= 0.3 is 5.97 Å². The lowest BCUT2D eigenvalue weighted by molar-refractivity contribution is -0.264. The number of nitrogens with one attached hydrogen (secondary N) is 2. The van der Waals surface area contributed by atoms with Gasteiger partial charge in [0.1, 0.15) is 18.5 Å². The first-order chi connectivity index (χ1) is 12.7. The van der Waals surface area contributed by atoms with Crippen LogP contribution in [0.4, 0.5) is 0 Å². The number of carbonyl (C=O) groups excluding carboxylic acids is 3. The molecule has 150 valence electrons. The number of ether oxygens (including phenoxy) is 3. The number of hydrogen-bond donors (Lipinski definition) is 5. The van der Waals surface area contributed by atoms with E-state index in [1.54, 1.807) is 0 Å². The standard InChI is InChI=1S/C14H21BN2O10/c15-9(20)5-25-6-17-11(22)4-16-10(21)1-2-26-14-8(19)3-7(18)12(27-14)13(23)24/h7-8,12,14,18-19H,1-6H2,(H,16,21)(H,17,22)(H,23,24)/t7?,8?,12-,14?/m0/s1. The molecule has 0 saturated carbocycles. The van der Waals surface area contributed by atoms with Crippen molar-refractivity contribution >= 4 is 31.3 Å². The lowest BCUT2D eigenvalue weighted by Crippen LogP contribution is -2.51. The molecule has 2 amide bonds. The predicted molar refractivity (Wildman–Crippen MR) is 86.2 cm³/mol. The van der Waals surface area contributed by atoms with Gasteiger partial charge in [-0.05, 0) is 0 Å². The van der Waals surface area contributed by atoms with Crippen molar-refractivity contribution in [1.82, 2.24) is 10.6 Å². The number of aliphatic hydroxyl groups is 2. The molecule has 1 heterocycles. The maximum absolute atomic E-state index is 11.6. The van der Waals surface area contributed by atoms with Crippen molar-refractivity contribution in [2.75, 3.05) is 26.5 Å². The smallest absolute Gasteiger partial charge is 0.335 e. The number of amides is 2. The molecule has 5 N–H and O–H groups in total. The molecule has 1 rings (SSSR count). The molecule has 3 unspecified atom stereocenters. The first-order valence-corrected chi connectivity index (χ1v) is 7.96. The van der Waals surface area contributed by atoms with Crippen LogP contribution in [0, 0.1) is 0 Å². The lowest BCUT2D eigenvalue weighted by atomic mass is 10.0. The Hall–Kier alpha value is -2.06. The zero-order valence-corrected chi connectivity index (χ0v) is 14.3. The number of carboxylic acid groups (broad SMARTS) is 1. The van der Waals surface area contributed by atoms with Crippen molar-refractivity contribution in [3.8, 4) is 0 Å². The van der Waals surface area contributed by atoms with Crippen molar-refractivity contribution < 1.29 is 48.7 Å². The maximum Gasteiger partial charge on any atom is 0.335 e. The Balaban J connectivity index is 2.20. The molecular weight excluding hydrogens is 367 g/mol. The van der Waals surface area contributed by atoms with E-state index in [9.17, 15) is 29.4 Å². The Morgan fingerprint density at radius 2 is 1.81 bits per heavy atom. The van der Waals surface area contributed by atoms with Gasteiger partial charge < -0.3 is 45.0 Å². The molecule has 0 aliphatic carbocycles. The van der Waals surface area contributed by atoms with Crippen molar-refractivity contribution in [3.63, 3.8) is 0 Å². The van der Waals surface area contributed by atoms with Gasteiger partial charge in [-0.2, -0.15) is 0 Å². The van der Waals surface area contributed by atoms with Crippen LogP contribution in [0.1, 0.15) is 12.8 Å². The fraction of sp³-hybridized carbons (Fsp3) is 0.714. The van der Waals surface area contributed by atoms with Crippen LogP contribution < -0.4 is 10.6 Å². The quantitative estimate of drug-likeness (QED) is 0.134. The fourth-order valence-electron chi connectivity index (χ4n) is 2.06. The van der Waals surface area contributed by atoms with E-state index >= 15 is 0 Å². The zero-order chi connectivity index (χ0) is 20.4. The van der Waals surface area contributed by atoms with E-state index in [4.69, 9.17) is 27.2 Å².